The Kier molecular flexibility index (Phi) is 3.22. The predicted molar refractivity (Wildman–Crippen MR) is 63.2 cm³/mol. The Morgan fingerprint density at radius 1 is 1.53 bits per heavy atom. The van der Waals surface area contributed by atoms with Crippen molar-refractivity contribution in [2.75, 3.05) is 13.2 Å². The minimum absolute atomic E-state index is 0.129. The molecule has 17 heavy (non-hydrogen) atoms. The molecule has 1 atom stereocenters. The maximum Gasteiger partial charge on any atom is 0.256 e. The third-order valence-electron chi connectivity index (χ3n) is 2.87. The Hall–Kier alpha value is -1.33. The van der Waals surface area contributed by atoms with E-state index in [1.165, 1.54) is 21.7 Å². The highest BCUT2D eigenvalue weighted by Gasteiger charge is 2.31. The topological polar surface area (TPSA) is 62.5 Å². The fraction of sp³-hybridized carbons (Fsp3) is 0.455. The third-order valence-corrected chi connectivity index (χ3v) is 3.26. The number of fused-ring (bicyclic) bond motifs is 1. The van der Waals surface area contributed by atoms with E-state index >= 15 is 0 Å². The molecule has 1 aliphatic rings. The van der Waals surface area contributed by atoms with E-state index in [1.807, 2.05) is 0 Å². The lowest BCUT2D eigenvalue weighted by Crippen LogP contribution is -2.45. The predicted octanol–water partition coefficient (Wildman–Crippen LogP) is -0.0592. The van der Waals surface area contributed by atoms with Crippen LogP contribution in [0.2, 0.25) is 0 Å². The molecule has 0 spiro atoms. The van der Waals surface area contributed by atoms with Gasteiger partial charge in [-0.2, -0.15) is 0 Å². The van der Waals surface area contributed by atoms with Gasteiger partial charge in [0.2, 0.25) is 0 Å². The van der Waals surface area contributed by atoms with E-state index in [1.54, 1.807) is 7.05 Å². The number of amides is 1. The van der Waals surface area contributed by atoms with Gasteiger partial charge < -0.3 is 14.6 Å². The molecule has 0 radical (unpaired) electrons. The minimum Gasteiger partial charge on any atom is -0.395 e. The maximum atomic E-state index is 12.1. The number of carbonyl (C=O) groups is 1. The van der Waals surface area contributed by atoms with E-state index in [2.05, 4.69) is 0 Å². The van der Waals surface area contributed by atoms with Crippen LogP contribution in [-0.2, 0) is 13.5 Å². The first-order valence-corrected chi connectivity index (χ1v) is 5.73. The zero-order valence-corrected chi connectivity index (χ0v) is 10.1. The maximum absolute atomic E-state index is 12.1. The molecule has 1 N–H and O–H groups in total. The summed E-state index contributed by atoms with van der Waals surface area (Å²) in [5, 5.41) is 8.89. The van der Waals surface area contributed by atoms with Gasteiger partial charge in [0.25, 0.3) is 11.5 Å². The zero-order valence-electron chi connectivity index (χ0n) is 9.39. The van der Waals surface area contributed by atoms with Crippen LogP contribution in [0.3, 0.4) is 0 Å². The van der Waals surface area contributed by atoms with Gasteiger partial charge in [-0.25, -0.2) is 0 Å². The highest BCUT2D eigenvalue weighted by molar-refractivity contribution is 6.22. The van der Waals surface area contributed by atoms with Crippen molar-refractivity contribution in [3.63, 3.8) is 0 Å². The first-order chi connectivity index (χ1) is 8.04. The molecule has 2 rings (SSSR count). The van der Waals surface area contributed by atoms with Gasteiger partial charge >= 0.3 is 0 Å². The van der Waals surface area contributed by atoms with Crippen molar-refractivity contribution in [1.82, 2.24) is 9.47 Å². The van der Waals surface area contributed by atoms with Crippen molar-refractivity contribution in [3.8, 4) is 0 Å². The lowest BCUT2D eigenvalue weighted by atomic mass is 10.0. The Morgan fingerprint density at radius 2 is 2.24 bits per heavy atom. The molecule has 2 heterocycles. The first-order valence-electron chi connectivity index (χ1n) is 5.30. The van der Waals surface area contributed by atoms with Crippen LogP contribution < -0.4 is 5.56 Å². The van der Waals surface area contributed by atoms with Gasteiger partial charge in [-0.1, -0.05) is 11.6 Å². The molecule has 0 bridgehead atoms. The molecule has 0 saturated heterocycles. The van der Waals surface area contributed by atoms with Crippen LogP contribution in [0.4, 0.5) is 0 Å². The van der Waals surface area contributed by atoms with Crippen LogP contribution in [0.25, 0.3) is 0 Å². The smallest absolute Gasteiger partial charge is 0.256 e. The van der Waals surface area contributed by atoms with Gasteiger partial charge in [-0.15, -0.1) is 0 Å². The number of aliphatic hydroxyl groups excluding tert-OH is 1. The molecule has 0 aromatic carbocycles. The first kappa shape index (κ1) is 12.1. The lowest BCUT2D eigenvalue weighted by molar-refractivity contribution is 0.0674. The van der Waals surface area contributed by atoms with E-state index in [0.717, 1.165) is 0 Å². The molecule has 6 heteroatoms. The van der Waals surface area contributed by atoms with Crippen molar-refractivity contribution >= 4 is 17.5 Å². The average Bonchev–Trinajstić information content (AvgIpc) is 2.28. The number of aromatic nitrogens is 1. The van der Waals surface area contributed by atoms with E-state index < -0.39 is 5.50 Å². The summed E-state index contributed by atoms with van der Waals surface area (Å²) >= 11 is 6.06. The summed E-state index contributed by atoms with van der Waals surface area (Å²) in [6.07, 6.45) is 1.95. The zero-order chi connectivity index (χ0) is 12.6. The normalized spacial score (nSPS) is 19.4. The Morgan fingerprint density at radius 3 is 2.88 bits per heavy atom. The van der Waals surface area contributed by atoms with Crippen LogP contribution in [0.15, 0.2) is 17.1 Å². The molecule has 1 aromatic rings. The van der Waals surface area contributed by atoms with E-state index in [9.17, 15) is 9.59 Å². The number of alkyl halides is 1. The summed E-state index contributed by atoms with van der Waals surface area (Å²) in [6.45, 7) is 0.0747. The van der Waals surface area contributed by atoms with Crippen molar-refractivity contribution in [2.45, 2.75) is 11.9 Å². The Balaban J connectivity index is 2.47. The van der Waals surface area contributed by atoms with Crippen molar-refractivity contribution < 1.29 is 9.90 Å². The number of nitrogens with zero attached hydrogens (tertiary/aromatic N) is 2. The van der Waals surface area contributed by atoms with Gasteiger partial charge in [0.15, 0.2) is 0 Å². The number of pyridine rings is 1. The Labute approximate surface area is 103 Å². The largest absolute Gasteiger partial charge is 0.395 e. The van der Waals surface area contributed by atoms with E-state index in [-0.39, 0.29) is 24.6 Å². The van der Waals surface area contributed by atoms with Gasteiger partial charge in [0.1, 0.15) is 5.50 Å². The number of hydrogen-bond acceptors (Lipinski definition) is 3. The standard InChI is InChI=1S/C11H13ClN2O3/c1-13-6-8-7(5-10(13)16)4-9(12)14(2-3-15)11(8)17/h5-6,9,15H,2-4H2,1H3. The molecule has 0 fully saturated rings. The fourth-order valence-electron chi connectivity index (χ4n) is 1.95. The van der Waals surface area contributed by atoms with Crippen LogP contribution in [0.5, 0.6) is 0 Å². The average molecular weight is 257 g/mol. The van der Waals surface area contributed by atoms with Gasteiger partial charge in [-0.05, 0) is 5.56 Å². The summed E-state index contributed by atoms with van der Waals surface area (Å²) in [5.41, 5.74) is 0.495. The van der Waals surface area contributed by atoms with Crippen LogP contribution >= 0.6 is 11.6 Å². The highest BCUT2D eigenvalue weighted by atomic mass is 35.5. The number of aryl methyl sites for hydroxylation is 1. The van der Waals surface area contributed by atoms with Crippen LogP contribution in [0.1, 0.15) is 15.9 Å². The monoisotopic (exact) mass is 256 g/mol. The molecule has 1 aromatic heterocycles. The summed E-state index contributed by atoms with van der Waals surface area (Å²) in [7, 11) is 1.60. The molecule has 5 nitrogen and oxygen atoms in total. The second kappa shape index (κ2) is 4.50. The molecule has 0 saturated carbocycles. The van der Waals surface area contributed by atoms with Crippen molar-refractivity contribution in [2.24, 2.45) is 7.05 Å². The molecular formula is C11H13ClN2O3. The summed E-state index contributed by atoms with van der Waals surface area (Å²) in [5.74, 6) is -0.240. The van der Waals surface area contributed by atoms with Gasteiger partial charge in [-0.3, -0.25) is 9.59 Å². The summed E-state index contributed by atoms with van der Waals surface area (Å²) in [6, 6.07) is 1.44. The number of rotatable bonds is 2. The molecule has 0 aliphatic carbocycles. The highest BCUT2D eigenvalue weighted by Crippen LogP contribution is 2.23. The molecule has 1 unspecified atom stereocenters. The number of β-amino-alcohol motifs (C(OH)–C–C–N with tert-alkyl or cyclic N) is 1. The number of halogens is 1. The third kappa shape index (κ3) is 2.08. The number of carbonyl (C=O) groups excluding carboxylic acids is 1. The lowest BCUT2D eigenvalue weighted by Gasteiger charge is -2.32. The molecule has 92 valence electrons. The summed E-state index contributed by atoms with van der Waals surface area (Å²) < 4.78 is 1.36. The van der Waals surface area contributed by atoms with Crippen LogP contribution in [0, 0.1) is 0 Å². The van der Waals surface area contributed by atoms with Crippen molar-refractivity contribution in [3.05, 3.63) is 33.7 Å². The molecule has 1 amide bonds. The van der Waals surface area contributed by atoms with Gasteiger partial charge in [0, 0.05) is 32.3 Å². The number of hydrogen-bond donors (Lipinski definition) is 1. The van der Waals surface area contributed by atoms with E-state index in [0.29, 0.717) is 17.5 Å². The van der Waals surface area contributed by atoms with E-state index in [4.69, 9.17) is 16.7 Å². The summed E-state index contributed by atoms with van der Waals surface area (Å²) in [4.78, 5) is 25.0. The SMILES string of the molecule is Cn1cc2c(cc1=O)CC(Cl)N(CCO)C2=O. The molecular weight excluding hydrogens is 244 g/mol. The second-order valence-electron chi connectivity index (χ2n) is 4.02. The quantitative estimate of drug-likeness (QED) is 0.596. The number of aliphatic hydroxyl groups is 1. The van der Waals surface area contributed by atoms with Crippen molar-refractivity contribution in [1.29, 1.82) is 0 Å². The minimum atomic E-state index is -0.505. The van der Waals surface area contributed by atoms with Crippen LogP contribution in [-0.4, -0.2) is 39.1 Å². The molecule has 1 aliphatic heterocycles. The Bertz CT molecular complexity index is 512. The van der Waals surface area contributed by atoms with Gasteiger partial charge in [0.05, 0.1) is 12.2 Å². The fourth-order valence-corrected chi connectivity index (χ4v) is 2.31. The second-order valence-corrected chi connectivity index (χ2v) is 4.53.